The third-order valence-corrected chi connectivity index (χ3v) is 4.53. The number of rotatable bonds is 7. The molecule has 1 unspecified atom stereocenters. The minimum Gasteiger partial charge on any atom is -0.497 e. The molecule has 2 aromatic heterocycles. The maximum absolute atomic E-state index is 12.4. The summed E-state index contributed by atoms with van der Waals surface area (Å²) in [5, 5.41) is 9.67. The second-order valence-corrected chi connectivity index (χ2v) is 6.63. The maximum Gasteiger partial charge on any atom is 0.313 e. The Balaban J connectivity index is 1.71. The summed E-state index contributed by atoms with van der Waals surface area (Å²) >= 11 is 0. The molecule has 3 aromatic rings. The van der Waals surface area contributed by atoms with Crippen molar-refractivity contribution in [1.29, 1.82) is 0 Å². The molecule has 0 aliphatic carbocycles. The molecule has 1 aromatic carbocycles. The SMILES string of the molecule is COc1ccc(OC)c(NC(=O)C(=O)NCC(c2ccco2)n2nc(C)cc2C)c1. The Kier molecular flexibility index (Phi) is 6.41. The molecular formula is C21H24N4O5. The third kappa shape index (κ3) is 4.62. The van der Waals surface area contributed by atoms with Gasteiger partial charge in [0.2, 0.25) is 0 Å². The number of hydrogen-bond donors (Lipinski definition) is 2. The van der Waals surface area contributed by atoms with E-state index in [9.17, 15) is 9.59 Å². The van der Waals surface area contributed by atoms with Crippen molar-refractivity contribution in [2.75, 3.05) is 26.1 Å². The quantitative estimate of drug-likeness (QED) is 0.577. The fourth-order valence-electron chi connectivity index (χ4n) is 3.11. The highest BCUT2D eigenvalue weighted by Crippen LogP contribution is 2.28. The Bertz CT molecular complexity index is 1030. The van der Waals surface area contributed by atoms with Gasteiger partial charge in [0.05, 0.1) is 31.9 Å². The first-order valence-electron chi connectivity index (χ1n) is 9.30. The zero-order chi connectivity index (χ0) is 21.7. The Morgan fingerprint density at radius 1 is 1.13 bits per heavy atom. The van der Waals surface area contributed by atoms with Crippen LogP contribution in [0.4, 0.5) is 5.69 Å². The van der Waals surface area contributed by atoms with Crippen molar-refractivity contribution in [1.82, 2.24) is 15.1 Å². The average Bonchev–Trinajstić information content (AvgIpc) is 3.38. The monoisotopic (exact) mass is 412 g/mol. The van der Waals surface area contributed by atoms with Gasteiger partial charge in [0.25, 0.3) is 0 Å². The Morgan fingerprint density at radius 2 is 1.93 bits per heavy atom. The summed E-state index contributed by atoms with van der Waals surface area (Å²) in [5.74, 6) is -0.0654. The number of amides is 2. The summed E-state index contributed by atoms with van der Waals surface area (Å²) in [7, 11) is 2.98. The second-order valence-electron chi connectivity index (χ2n) is 6.63. The van der Waals surface area contributed by atoms with Crippen LogP contribution < -0.4 is 20.1 Å². The van der Waals surface area contributed by atoms with Crippen molar-refractivity contribution in [3.05, 3.63) is 59.8 Å². The van der Waals surface area contributed by atoms with Gasteiger partial charge in [0.1, 0.15) is 23.3 Å². The molecule has 0 bridgehead atoms. The minimum absolute atomic E-state index is 0.122. The number of hydrogen-bond acceptors (Lipinski definition) is 6. The fourth-order valence-corrected chi connectivity index (χ4v) is 3.11. The molecule has 0 aliphatic heterocycles. The Morgan fingerprint density at radius 3 is 2.53 bits per heavy atom. The summed E-state index contributed by atoms with van der Waals surface area (Å²) in [6.45, 7) is 3.92. The van der Waals surface area contributed by atoms with Gasteiger partial charge < -0.3 is 24.5 Å². The predicted octanol–water partition coefficient (Wildman–Crippen LogP) is 2.45. The van der Waals surface area contributed by atoms with Crippen molar-refractivity contribution >= 4 is 17.5 Å². The lowest BCUT2D eigenvalue weighted by Gasteiger charge is -2.18. The largest absolute Gasteiger partial charge is 0.497 e. The molecule has 1 atom stereocenters. The first kappa shape index (κ1) is 21.0. The van der Waals surface area contributed by atoms with Gasteiger partial charge in [-0.3, -0.25) is 14.3 Å². The van der Waals surface area contributed by atoms with Gasteiger partial charge in [-0.2, -0.15) is 5.10 Å². The normalized spacial score (nSPS) is 11.6. The van der Waals surface area contributed by atoms with Crippen molar-refractivity contribution in [3.63, 3.8) is 0 Å². The van der Waals surface area contributed by atoms with Gasteiger partial charge in [0.15, 0.2) is 0 Å². The zero-order valence-corrected chi connectivity index (χ0v) is 17.3. The Hall–Kier alpha value is -3.75. The van der Waals surface area contributed by atoms with Crippen LogP contribution in [-0.2, 0) is 9.59 Å². The molecule has 9 heteroatoms. The van der Waals surface area contributed by atoms with E-state index >= 15 is 0 Å². The number of ether oxygens (including phenoxy) is 2. The molecule has 158 valence electrons. The molecule has 3 rings (SSSR count). The van der Waals surface area contributed by atoms with E-state index in [1.807, 2.05) is 19.9 Å². The highest BCUT2D eigenvalue weighted by atomic mass is 16.5. The Labute approximate surface area is 174 Å². The van der Waals surface area contributed by atoms with E-state index in [0.29, 0.717) is 22.9 Å². The number of nitrogens with zero attached hydrogens (tertiary/aromatic N) is 2. The summed E-state index contributed by atoms with van der Waals surface area (Å²) in [4.78, 5) is 24.9. The van der Waals surface area contributed by atoms with E-state index in [4.69, 9.17) is 13.9 Å². The van der Waals surface area contributed by atoms with Gasteiger partial charge in [-0.15, -0.1) is 0 Å². The molecule has 0 spiro atoms. The molecule has 30 heavy (non-hydrogen) atoms. The molecule has 0 radical (unpaired) electrons. The van der Waals surface area contributed by atoms with Gasteiger partial charge in [-0.05, 0) is 44.2 Å². The molecule has 0 fully saturated rings. The van der Waals surface area contributed by atoms with Crippen molar-refractivity contribution in [3.8, 4) is 11.5 Å². The number of nitrogens with one attached hydrogen (secondary N) is 2. The van der Waals surface area contributed by atoms with Crippen molar-refractivity contribution in [2.24, 2.45) is 0 Å². The van der Waals surface area contributed by atoms with Crippen molar-refractivity contribution in [2.45, 2.75) is 19.9 Å². The lowest BCUT2D eigenvalue weighted by atomic mass is 10.2. The van der Waals surface area contributed by atoms with Gasteiger partial charge >= 0.3 is 11.8 Å². The standard InChI is InChI=1S/C21H24N4O5/c1-13-10-14(2)25(24-13)17(19-6-5-9-30-19)12-22-20(26)21(27)23-16-11-15(28-3)7-8-18(16)29-4/h5-11,17H,12H2,1-4H3,(H,22,26)(H,23,27). The molecule has 0 saturated carbocycles. The summed E-state index contributed by atoms with van der Waals surface area (Å²) < 4.78 is 17.6. The van der Waals surface area contributed by atoms with E-state index < -0.39 is 17.9 Å². The topological polar surface area (TPSA) is 108 Å². The summed E-state index contributed by atoms with van der Waals surface area (Å²) in [6, 6.07) is 10.0. The van der Waals surface area contributed by atoms with E-state index in [2.05, 4.69) is 15.7 Å². The first-order chi connectivity index (χ1) is 14.4. The minimum atomic E-state index is -0.826. The lowest BCUT2D eigenvalue weighted by Crippen LogP contribution is -2.39. The predicted molar refractivity (Wildman–Crippen MR) is 110 cm³/mol. The van der Waals surface area contributed by atoms with Crippen LogP contribution in [0, 0.1) is 13.8 Å². The number of anilines is 1. The number of benzene rings is 1. The number of carbonyl (C=O) groups excluding carboxylic acids is 2. The lowest BCUT2D eigenvalue weighted by molar-refractivity contribution is -0.136. The van der Waals surface area contributed by atoms with E-state index in [1.54, 1.807) is 41.3 Å². The van der Waals surface area contributed by atoms with Crippen LogP contribution in [0.15, 0.2) is 47.1 Å². The molecule has 0 saturated heterocycles. The highest BCUT2D eigenvalue weighted by molar-refractivity contribution is 6.39. The average molecular weight is 412 g/mol. The highest BCUT2D eigenvalue weighted by Gasteiger charge is 2.23. The number of methoxy groups -OCH3 is 2. The summed E-state index contributed by atoms with van der Waals surface area (Å²) in [6.07, 6.45) is 1.55. The second kappa shape index (κ2) is 9.17. The number of aryl methyl sites for hydroxylation is 2. The van der Waals surface area contributed by atoms with Crippen LogP contribution in [0.5, 0.6) is 11.5 Å². The van der Waals surface area contributed by atoms with Crippen LogP contribution in [0.2, 0.25) is 0 Å². The molecule has 2 N–H and O–H groups in total. The van der Waals surface area contributed by atoms with Gasteiger partial charge in [0, 0.05) is 18.3 Å². The van der Waals surface area contributed by atoms with E-state index in [-0.39, 0.29) is 6.54 Å². The molecule has 9 nitrogen and oxygen atoms in total. The zero-order valence-electron chi connectivity index (χ0n) is 17.3. The van der Waals surface area contributed by atoms with Crippen LogP contribution in [0.25, 0.3) is 0 Å². The molecule has 2 heterocycles. The van der Waals surface area contributed by atoms with E-state index in [1.165, 1.54) is 14.2 Å². The summed E-state index contributed by atoms with van der Waals surface area (Å²) in [5.41, 5.74) is 2.09. The van der Waals surface area contributed by atoms with Gasteiger partial charge in [-0.25, -0.2) is 0 Å². The number of aromatic nitrogens is 2. The van der Waals surface area contributed by atoms with Crippen LogP contribution in [-0.4, -0.2) is 42.4 Å². The molecular weight excluding hydrogens is 388 g/mol. The maximum atomic E-state index is 12.4. The van der Waals surface area contributed by atoms with Gasteiger partial charge in [-0.1, -0.05) is 0 Å². The number of furan rings is 1. The van der Waals surface area contributed by atoms with Crippen LogP contribution >= 0.6 is 0 Å². The van der Waals surface area contributed by atoms with Crippen LogP contribution in [0.3, 0.4) is 0 Å². The van der Waals surface area contributed by atoms with E-state index in [0.717, 1.165) is 11.4 Å². The van der Waals surface area contributed by atoms with Crippen molar-refractivity contribution < 1.29 is 23.5 Å². The first-order valence-corrected chi connectivity index (χ1v) is 9.30. The fraction of sp³-hybridized carbons (Fsp3) is 0.286. The molecule has 0 aliphatic rings. The van der Waals surface area contributed by atoms with Crippen LogP contribution in [0.1, 0.15) is 23.2 Å². The smallest absolute Gasteiger partial charge is 0.313 e. The number of carbonyl (C=O) groups is 2. The third-order valence-electron chi connectivity index (χ3n) is 4.53. The molecule has 2 amide bonds.